The van der Waals surface area contributed by atoms with E-state index in [0.29, 0.717) is 25.2 Å². The highest BCUT2D eigenvalue weighted by Gasteiger charge is 2.57. The first-order chi connectivity index (χ1) is 11.5. The van der Waals surface area contributed by atoms with Crippen LogP contribution in [0.3, 0.4) is 0 Å². The van der Waals surface area contributed by atoms with E-state index in [1.54, 1.807) is 0 Å². The first kappa shape index (κ1) is 19.3. The molecule has 4 heteroatoms. The average molecular weight is 338 g/mol. The molecule has 0 aliphatic heterocycles. The van der Waals surface area contributed by atoms with Gasteiger partial charge in [0, 0.05) is 0 Å². The molecule has 0 aromatic heterocycles. The van der Waals surface area contributed by atoms with Gasteiger partial charge >= 0.3 is 11.9 Å². The van der Waals surface area contributed by atoms with E-state index in [1.807, 2.05) is 0 Å². The second-order valence-corrected chi connectivity index (χ2v) is 8.17. The predicted octanol–water partition coefficient (Wildman–Crippen LogP) is 4.96. The fourth-order valence-electron chi connectivity index (χ4n) is 5.61. The summed E-state index contributed by atoms with van der Waals surface area (Å²) in [6, 6.07) is 0. The van der Waals surface area contributed by atoms with Crippen molar-refractivity contribution in [1.82, 2.24) is 0 Å². The van der Waals surface area contributed by atoms with Crippen LogP contribution in [-0.4, -0.2) is 22.2 Å². The summed E-state index contributed by atoms with van der Waals surface area (Å²) in [5.74, 6) is -1.42. The Hall–Kier alpha value is -1.06. The Labute approximate surface area is 146 Å². The van der Waals surface area contributed by atoms with E-state index in [2.05, 4.69) is 13.8 Å². The third-order valence-electron chi connectivity index (χ3n) is 6.69. The molecule has 5 atom stereocenters. The number of unbranched alkanes of at least 4 members (excludes halogenated alkanes) is 2. The minimum atomic E-state index is -0.808. The molecule has 2 fully saturated rings. The van der Waals surface area contributed by atoms with Crippen molar-refractivity contribution < 1.29 is 19.8 Å². The van der Waals surface area contributed by atoms with Crippen LogP contribution in [0.25, 0.3) is 0 Å². The highest BCUT2D eigenvalue weighted by atomic mass is 16.4. The Bertz CT molecular complexity index is 447. The summed E-state index contributed by atoms with van der Waals surface area (Å²) < 4.78 is 0. The first-order valence-electron chi connectivity index (χ1n) is 9.92. The molecule has 2 N–H and O–H groups in total. The van der Waals surface area contributed by atoms with Crippen LogP contribution in [0.4, 0.5) is 0 Å². The standard InChI is InChI=1S/C20H34O4/c1-3-5-8-14-12-15-9-7-11-20(19(23)24,10-6-4-2)17(15)16(13-14)18(21)22/h14-17H,3-13H2,1-2H3,(H,21,22)(H,23,24). The average Bonchev–Trinajstić information content (AvgIpc) is 2.56. The lowest BCUT2D eigenvalue weighted by Crippen LogP contribution is -2.53. The molecule has 2 rings (SSSR count). The molecule has 0 radical (unpaired) electrons. The zero-order valence-corrected chi connectivity index (χ0v) is 15.3. The molecule has 0 spiro atoms. The van der Waals surface area contributed by atoms with Crippen molar-refractivity contribution >= 4 is 11.9 Å². The summed E-state index contributed by atoms with van der Waals surface area (Å²) in [7, 11) is 0. The topological polar surface area (TPSA) is 74.6 Å². The third-order valence-corrected chi connectivity index (χ3v) is 6.69. The van der Waals surface area contributed by atoms with Crippen LogP contribution in [0, 0.1) is 29.1 Å². The third kappa shape index (κ3) is 3.78. The van der Waals surface area contributed by atoms with Gasteiger partial charge in [0.1, 0.15) is 0 Å². The van der Waals surface area contributed by atoms with Crippen LogP contribution in [0.5, 0.6) is 0 Å². The summed E-state index contributed by atoms with van der Waals surface area (Å²) >= 11 is 0. The van der Waals surface area contributed by atoms with Crippen molar-refractivity contribution in [3.8, 4) is 0 Å². The van der Waals surface area contributed by atoms with Gasteiger partial charge in [0.25, 0.3) is 0 Å². The predicted molar refractivity (Wildman–Crippen MR) is 93.8 cm³/mol. The minimum absolute atomic E-state index is 0.175. The van der Waals surface area contributed by atoms with E-state index in [4.69, 9.17) is 0 Å². The number of carboxylic acid groups (broad SMARTS) is 2. The van der Waals surface area contributed by atoms with E-state index in [0.717, 1.165) is 51.4 Å². The highest BCUT2D eigenvalue weighted by Crippen LogP contribution is 2.57. The number of rotatable bonds is 8. The number of carboxylic acids is 2. The molecule has 0 aromatic carbocycles. The molecule has 0 amide bonds. The van der Waals surface area contributed by atoms with Crippen LogP contribution >= 0.6 is 0 Å². The molecule has 0 bridgehead atoms. The second-order valence-electron chi connectivity index (χ2n) is 8.17. The summed E-state index contributed by atoms with van der Waals surface area (Å²) in [6.07, 6.45) is 10.2. The van der Waals surface area contributed by atoms with Gasteiger partial charge in [-0.2, -0.15) is 0 Å². The summed E-state index contributed by atoms with van der Waals surface area (Å²) in [5.41, 5.74) is -0.808. The first-order valence-corrected chi connectivity index (χ1v) is 9.92. The van der Waals surface area contributed by atoms with Crippen molar-refractivity contribution in [1.29, 1.82) is 0 Å². The van der Waals surface area contributed by atoms with E-state index in [1.165, 1.54) is 0 Å². The number of carbonyl (C=O) groups is 2. The van der Waals surface area contributed by atoms with Gasteiger partial charge < -0.3 is 10.2 Å². The Balaban J connectivity index is 2.30. The molecule has 4 nitrogen and oxygen atoms in total. The molecule has 0 aromatic rings. The maximum Gasteiger partial charge on any atom is 0.309 e. The molecule has 5 unspecified atom stereocenters. The van der Waals surface area contributed by atoms with E-state index in [-0.39, 0.29) is 11.8 Å². The van der Waals surface area contributed by atoms with Gasteiger partial charge in [-0.1, -0.05) is 58.8 Å². The molecule has 2 saturated carbocycles. The zero-order valence-electron chi connectivity index (χ0n) is 15.3. The maximum absolute atomic E-state index is 12.3. The van der Waals surface area contributed by atoms with Crippen LogP contribution in [0.15, 0.2) is 0 Å². The molecule has 24 heavy (non-hydrogen) atoms. The maximum atomic E-state index is 12.3. The monoisotopic (exact) mass is 338 g/mol. The number of hydrogen-bond acceptors (Lipinski definition) is 2. The van der Waals surface area contributed by atoms with Crippen LogP contribution in [0.1, 0.15) is 84.5 Å². The Morgan fingerprint density at radius 3 is 2.38 bits per heavy atom. The number of hydrogen-bond donors (Lipinski definition) is 2. The molecular weight excluding hydrogens is 304 g/mol. The molecule has 0 heterocycles. The normalized spacial score (nSPS) is 36.1. The SMILES string of the molecule is CCCCC1CC2CCCC(CCCC)(C(=O)O)C2C(C(=O)O)C1. The largest absolute Gasteiger partial charge is 0.481 e. The highest BCUT2D eigenvalue weighted by molar-refractivity contribution is 5.78. The molecule has 0 saturated heterocycles. The summed E-state index contributed by atoms with van der Waals surface area (Å²) in [4.78, 5) is 24.3. The minimum Gasteiger partial charge on any atom is -0.481 e. The van der Waals surface area contributed by atoms with Crippen LogP contribution in [-0.2, 0) is 9.59 Å². The fraction of sp³-hybridized carbons (Fsp3) is 0.900. The quantitative estimate of drug-likeness (QED) is 0.655. The number of aliphatic carboxylic acids is 2. The van der Waals surface area contributed by atoms with E-state index in [9.17, 15) is 19.8 Å². The second kappa shape index (κ2) is 8.35. The van der Waals surface area contributed by atoms with Crippen molar-refractivity contribution in [2.45, 2.75) is 84.5 Å². The molecule has 2 aliphatic carbocycles. The Kier molecular flexibility index (Phi) is 6.70. The summed E-state index contributed by atoms with van der Waals surface area (Å²) in [5, 5.41) is 19.9. The van der Waals surface area contributed by atoms with E-state index < -0.39 is 23.3 Å². The lowest BCUT2D eigenvalue weighted by molar-refractivity contribution is -0.171. The lowest BCUT2D eigenvalue weighted by atomic mass is 9.50. The van der Waals surface area contributed by atoms with Crippen molar-refractivity contribution in [3.63, 3.8) is 0 Å². The zero-order chi connectivity index (χ0) is 17.7. The van der Waals surface area contributed by atoms with Gasteiger partial charge in [0.05, 0.1) is 11.3 Å². The fourth-order valence-corrected chi connectivity index (χ4v) is 5.61. The van der Waals surface area contributed by atoms with Crippen molar-refractivity contribution in [3.05, 3.63) is 0 Å². The summed E-state index contributed by atoms with van der Waals surface area (Å²) in [6.45, 7) is 4.24. The molecular formula is C20H34O4. The lowest BCUT2D eigenvalue weighted by Gasteiger charge is -2.52. The van der Waals surface area contributed by atoms with Gasteiger partial charge in [-0.15, -0.1) is 0 Å². The van der Waals surface area contributed by atoms with Crippen molar-refractivity contribution in [2.24, 2.45) is 29.1 Å². The van der Waals surface area contributed by atoms with Crippen LogP contribution < -0.4 is 0 Å². The van der Waals surface area contributed by atoms with Gasteiger partial charge in [0.15, 0.2) is 0 Å². The Morgan fingerprint density at radius 1 is 1.08 bits per heavy atom. The van der Waals surface area contributed by atoms with Gasteiger partial charge in [0.2, 0.25) is 0 Å². The van der Waals surface area contributed by atoms with Crippen LogP contribution in [0.2, 0.25) is 0 Å². The van der Waals surface area contributed by atoms with Gasteiger partial charge in [-0.25, -0.2) is 0 Å². The van der Waals surface area contributed by atoms with Gasteiger partial charge in [-0.3, -0.25) is 9.59 Å². The Morgan fingerprint density at radius 2 is 1.79 bits per heavy atom. The molecule has 2 aliphatic rings. The van der Waals surface area contributed by atoms with Gasteiger partial charge in [-0.05, 0) is 43.4 Å². The smallest absolute Gasteiger partial charge is 0.309 e. The van der Waals surface area contributed by atoms with E-state index >= 15 is 0 Å². The number of fused-ring (bicyclic) bond motifs is 1. The molecule has 138 valence electrons. The van der Waals surface area contributed by atoms with Crippen molar-refractivity contribution in [2.75, 3.05) is 0 Å².